The van der Waals surface area contributed by atoms with Gasteiger partial charge >= 0.3 is 0 Å². The van der Waals surface area contributed by atoms with Gasteiger partial charge < -0.3 is 10.3 Å². The number of thiophene rings is 1. The van der Waals surface area contributed by atoms with E-state index in [9.17, 15) is 0 Å². The molecule has 4 rings (SSSR count). The monoisotopic (exact) mass is 406 g/mol. The van der Waals surface area contributed by atoms with Crippen LogP contribution in [0.15, 0.2) is 40.3 Å². The molecule has 116 valence electrons. The van der Waals surface area contributed by atoms with Gasteiger partial charge in [0.05, 0.1) is 9.17 Å². The summed E-state index contributed by atoms with van der Waals surface area (Å²) in [5.41, 5.74) is 3.30. The third-order valence-corrected chi connectivity index (χ3v) is 5.76. The van der Waals surface area contributed by atoms with Crippen molar-refractivity contribution in [1.29, 1.82) is 0 Å². The van der Waals surface area contributed by atoms with E-state index in [1.54, 1.807) is 11.3 Å². The first-order chi connectivity index (χ1) is 11.2. The lowest BCUT2D eigenvalue weighted by atomic mass is 10.1. The Morgan fingerprint density at radius 1 is 1.26 bits per heavy atom. The molecule has 0 fully saturated rings. The van der Waals surface area contributed by atoms with Crippen molar-refractivity contribution in [2.24, 2.45) is 0 Å². The second-order valence-corrected chi connectivity index (χ2v) is 7.21. The zero-order chi connectivity index (χ0) is 15.8. The number of fused-ring (bicyclic) bond motifs is 2. The van der Waals surface area contributed by atoms with Crippen LogP contribution in [-0.2, 0) is 6.42 Å². The zero-order valence-corrected chi connectivity index (χ0v) is 15.1. The van der Waals surface area contributed by atoms with Crippen molar-refractivity contribution in [3.63, 3.8) is 0 Å². The number of para-hydroxylation sites is 1. The number of benzene rings is 1. The highest BCUT2D eigenvalue weighted by Gasteiger charge is 2.11. The van der Waals surface area contributed by atoms with Crippen LogP contribution in [-0.4, -0.2) is 21.5 Å². The van der Waals surface area contributed by atoms with Crippen LogP contribution in [0.2, 0.25) is 5.28 Å². The number of rotatable bonds is 4. The van der Waals surface area contributed by atoms with E-state index < -0.39 is 0 Å². The van der Waals surface area contributed by atoms with E-state index in [2.05, 4.69) is 60.6 Å². The predicted molar refractivity (Wildman–Crippen MR) is 101 cm³/mol. The van der Waals surface area contributed by atoms with Gasteiger partial charge in [-0.15, -0.1) is 11.3 Å². The Bertz CT molecular complexity index is 994. The first-order valence-corrected chi connectivity index (χ1v) is 9.16. The van der Waals surface area contributed by atoms with Crippen LogP contribution in [0.3, 0.4) is 0 Å². The molecule has 4 aromatic rings. The molecule has 4 nitrogen and oxygen atoms in total. The largest absolute Gasteiger partial charge is 0.368 e. The number of hydrogen-bond acceptors (Lipinski definition) is 4. The summed E-state index contributed by atoms with van der Waals surface area (Å²) in [6.45, 7) is 0.778. The molecule has 3 aromatic heterocycles. The van der Waals surface area contributed by atoms with Gasteiger partial charge in [-0.1, -0.05) is 18.2 Å². The molecule has 0 aliphatic carbocycles. The normalized spacial score (nSPS) is 11.4. The second-order valence-electron chi connectivity index (χ2n) is 5.14. The fraction of sp³-hybridized carbons (Fsp3) is 0.125. The SMILES string of the molecule is Clc1nc(NCCc2c[nH]c3ccccc23)c2scc(Br)c2n1. The molecule has 0 unspecified atom stereocenters. The lowest BCUT2D eigenvalue weighted by molar-refractivity contribution is 1.01. The van der Waals surface area contributed by atoms with E-state index in [1.807, 2.05) is 11.4 Å². The third-order valence-electron chi connectivity index (χ3n) is 3.71. The van der Waals surface area contributed by atoms with E-state index >= 15 is 0 Å². The topological polar surface area (TPSA) is 53.6 Å². The van der Waals surface area contributed by atoms with E-state index in [0.717, 1.165) is 39.0 Å². The van der Waals surface area contributed by atoms with Gasteiger partial charge in [0, 0.05) is 29.0 Å². The maximum Gasteiger partial charge on any atom is 0.225 e. The fourth-order valence-electron chi connectivity index (χ4n) is 2.64. The molecule has 0 aliphatic rings. The summed E-state index contributed by atoms with van der Waals surface area (Å²) in [6, 6.07) is 8.32. The van der Waals surface area contributed by atoms with Gasteiger partial charge in [0.15, 0.2) is 0 Å². The lowest BCUT2D eigenvalue weighted by Gasteiger charge is -2.06. The first kappa shape index (κ1) is 14.9. The summed E-state index contributed by atoms with van der Waals surface area (Å²) in [4.78, 5) is 11.9. The van der Waals surface area contributed by atoms with E-state index in [1.165, 1.54) is 10.9 Å². The molecule has 7 heteroatoms. The minimum Gasteiger partial charge on any atom is -0.368 e. The number of aromatic amines is 1. The van der Waals surface area contributed by atoms with Gasteiger partial charge in [0.1, 0.15) is 11.3 Å². The van der Waals surface area contributed by atoms with Crippen molar-refractivity contribution >= 4 is 65.8 Å². The summed E-state index contributed by atoms with van der Waals surface area (Å²) in [7, 11) is 0. The maximum absolute atomic E-state index is 6.03. The zero-order valence-electron chi connectivity index (χ0n) is 11.9. The molecule has 2 N–H and O–H groups in total. The maximum atomic E-state index is 6.03. The Labute approximate surface area is 150 Å². The second kappa shape index (κ2) is 6.11. The van der Waals surface area contributed by atoms with Crippen LogP contribution in [0.1, 0.15) is 5.56 Å². The van der Waals surface area contributed by atoms with Crippen molar-refractivity contribution < 1.29 is 0 Å². The number of aromatic nitrogens is 3. The summed E-state index contributed by atoms with van der Waals surface area (Å²) in [5.74, 6) is 0.788. The van der Waals surface area contributed by atoms with Crippen molar-refractivity contribution in [1.82, 2.24) is 15.0 Å². The van der Waals surface area contributed by atoms with Crippen LogP contribution in [0, 0.1) is 0 Å². The highest BCUT2D eigenvalue weighted by molar-refractivity contribution is 9.10. The average molecular weight is 408 g/mol. The third kappa shape index (κ3) is 2.82. The summed E-state index contributed by atoms with van der Waals surface area (Å²) in [5, 5.41) is 6.90. The summed E-state index contributed by atoms with van der Waals surface area (Å²) >= 11 is 11.1. The molecule has 0 saturated carbocycles. The quantitative estimate of drug-likeness (QED) is 0.455. The molecule has 0 radical (unpaired) electrons. The van der Waals surface area contributed by atoms with Gasteiger partial charge in [0.2, 0.25) is 5.28 Å². The van der Waals surface area contributed by atoms with Crippen molar-refractivity contribution in [3.8, 4) is 0 Å². The minimum absolute atomic E-state index is 0.256. The van der Waals surface area contributed by atoms with E-state index in [-0.39, 0.29) is 5.28 Å². The molecule has 0 aliphatic heterocycles. The minimum atomic E-state index is 0.256. The highest BCUT2D eigenvalue weighted by atomic mass is 79.9. The molecular weight excluding hydrogens is 396 g/mol. The Kier molecular flexibility index (Phi) is 3.97. The Balaban J connectivity index is 1.55. The Morgan fingerprint density at radius 2 is 2.13 bits per heavy atom. The lowest BCUT2D eigenvalue weighted by Crippen LogP contribution is -2.06. The molecule has 0 amide bonds. The number of nitrogens with one attached hydrogen (secondary N) is 2. The molecule has 0 atom stereocenters. The number of hydrogen-bond donors (Lipinski definition) is 2. The van der Waals surface area contributed by atoms with Crippen molar-refractivity contribution in [2.75, 3.05) is 11.9 Å². The van der Waals surface area contributed by atoms with Crippen LogP contribution >= 0.6 is 38.9 Å². The first-order valence-electron chi connectivity index (χ1n) is 7.11. The van der Waals surface area contributed by atoms with Crippen molar-refractivity contribution in [3.05, 3.63) is 51.2 Å². The standard InChI is InChI=1S/C16H12BrClN4S/c17-11-8-23-14-13(11)21-16(18)22-15(14)19-6-5-9-7-20-12-4-2-1-3-10(9)12/h1-4,7-8,20H,5-6H2,(H,19,21,22). The van der Waals surface area contributed by atoms with Gasteiger partial charge in [-0.3, -0.25) is 0 Å². The number of nitrogens with zero attached hydrogens (tertiary/aromatic N) is 2. The average Bonchev–Trinajstić information content (AvgIpc) is 3.12. The van der Waals surface area contributed by atoms with E-state index in [4.69, 9.17) is 11.6 Å². The number of H-pyrrole nitrogens is 1. The summed E-state index contributed by atoms with van der Waals surface area (Å²) < 4.78 is 1.96. The molecule has 23 heavy (non-hydrogen) atoms. The fourth-order valence-corrected chi connectivity index (χ4v) is 4.33. The number of anilines is 1. The van der Waals surface area contributed by atoms with Crippen LogP contribution in [0.25, 0.3) is 21.1 Å². The van der Waals surface area contributed by atoms with Crippen molar-refractivity contribution in [2.45, 2.75) is 6.42 Å². The number of halogens is 2. The predicted octanol–water partition coefficient (Wildman–Crippen LogP) is 5.24. The van der Waals surface area contributed by atoms with Gasteiger partial charge in [0.25, 0.3) is 0 Å². The van der Waals surface area contributed by atoms with Crippen LogP contribution in [0.5, 0.6) is 0 Å². The van der Waals surface area contributed by atoms with Gasteiger partial charge in [-0.2, -0.15) is 4.98 Å². The van der Waals surface area contributed by atoms with Crippen LogP contribution in [0.4, 0.5) is 5.82 Å². The Morgan fingerprint density at radius 3 is 3.04 bits per heavy atom. The van der Waals surface area contributed by atoms with Gasteiger partial charge in [-0.25, -0.2) is 4.98 Å². The molecule has 3 heterocycles. The molecule has 0 spiro atoms. The van der Waals surface area contributed by atoms with E-state index in [0.29, 0.717) is 0 Å². The van der Waals surface area contributed by atoms with Crippen LogP contribution < -0.4 is 5.32 Å². The summed E-state index contributed by atoms with van der Waals surface area (Å²) in [6.07, 6.45) is 2.97. The van der Waals surface area contributed by atoms with Gasteiger partial charge in [-0.05, 0) is 45.6 Å². The smallest absolute Gasteiger partial charge is 0.225 e. The Hall–Kier alpha value is -1.63. The molecule has 1 aromatic carbocycles. The highest BCUT2D eigenvalue weighted by Crippen LogP contribution is 2.33. The molecule has 0 saturated heterocycles. The molecule has 0 bridgehead atoms. The molecular formula is C16H12BrClN4S.